The molecule has 0 saturated carbocycles. The maximum absolute atomic E-state index is 5.36. The van der Waals surface area contributed by atoms with E-state index in [0.29, 0.717) is 0 Å². The molecule has 0 spiro atoms. The molecule has 0 atom stereocenters. The van der Waals surface area contributed by atoms with Gasteiger partial charge in [0.25, 0.3) is 0 Å². The van der Waals surface area contributed by atoms with Crippen LogP contribution in [0, 0.1) is 0 Å². The first kappa shape index (κ1) is 10.6. The van der Waals surface area contributed by atoms with Crippen LogP contribution in [0.5, 0.6) is 0 Å². The number of benzene rings is 1. The predicted molar refractivity (Wildman–Crippen MR) is 67.0 cm³/mol. The molecule has 2 aliphatic rings. The van der Waals surface area contributed by atoms with Crippen molar-refractivity contribution in [2.75, 3.05) is 26.0 Å². The van der Waals surface area contributed by atoms with E-state index in [4.69, 9.17) is 4.74 Å². The van der Waals surface area contributed by atoms with Crippen molar-refractivity contribution in [3.8, 4) is 0 Å². The average molecular weight is 235 g/mol. The molecule has 1 N–H and O–H groups in total. The van der Waals surface area contributed by atoms with Crippen molar-refractivity contribution in [2.45, 2.75) is 23.3 Å². The molecule has 1 fully saturated rings. The zero-order valence-corrected chi connectivity index (χ0v) is 10.4. The fourth-order valence-corrected chi connectivity index (χ4v) is 3.44. The van der Waals surface area contributed by atoms with Gasteiger partial charge in [0, 0.05) is 4.90 Å². The molecule has 2 heterocycles. The van der Waals surface area contributed by atoms with E-state index in [-0.39, 0.29) is 5.54 Å². The van der Waals surface area contributed by atoms with Crippen molar-refractivity contribution >= 4 is 11.8 Å². The fourth-order valence-electron chi connectivity index (χ4n) is 2.42. The Kier molecular flexibility index (Phi) is 2.70. The van der Waals surface area contributed by atoms with Crippen molar-refractivity contribution in [1.29, 1.82) is 0 Å². The number of hydrogen-bond acceptors (Lipinski definition) is 3. The Labute approximate surface area is 101 Å². The summed E-state index contributed by atoms with van der Waals surface area (Å²) < 4.78 is 5.36. The first-order valence-electron chi connectivity index (χ1n) is 5.87. The van der Waals surface area contributed by atoms with Gasteiger partial charge >= 0.3 is 0 Å². The summed E-state index contributed by atoms with van der Waals surface area (Å²) in [6.07, 6.45) is 2.54. The number of hydrogen-bond donors (Lipinski definition) is 1. The van der Waals surface area contributed by atoms with Crippen LogP contribution in [0.25, 0.3) is 0 Å². The van der Waals surface area contributed by atoms with Gasteiger partial charge in [-0.1, -0.05) is 12.1 Å². The second-order valence-electron chi connectivity index (χ2n) is 4.60. The number of nitrogens with one attached hydrogen (secondary N) is 1. The minimum absolute atomic E-state index is 0.0805. The van der Waals surface area contributed by atoms with Crippen molar-refractivity contribution in [1.82, 2.24) is 5.32 Å². The summed E-state index contributed by atoms with van der Waals surface area (Å²) in [4.78, 5) is 1.47. The number of aryl methyl sites for hydroxylation is 1. The lowest BCUT2D eigenvalue weighted by molar-refractivity contribution is -0.0748. The van der Waals surface area contributed by atoms with Crippen molar-refractivity contribution < 1.29 is 4.74 Å². The average Bonchev–Trinajstić information content (AvgIpc) is 2.28. The molecule has 0 radical (unpaired) electrons. The summed E-state index contributed by atoms with van der Waals surface area (Å²) in [7, 11) is 2.02. The molecule has 1 aromatic rings. The van der Waals surface area contributed by atoms with E-state index in [2.05, 4.69) is 23.5 Å². The van der Waals surface area contributed by atoms with Crippen LogP contribution < -0.4 is 5.32 Å². The Hall–Kier alpha value is -0.510. The lowest BCUT2D eigenvalue weighted by Gasteiger charge is -2.42. The van der Waals surface area contributed by atoms with Gasteiger partial charge in [-0.15, -0.1) is 11.8 Å². The van der Waals surface area contributed by atoms with Crippen LogP contribution in [0.3, 0.4) is 0 Å². The van der Waals surface area contributed by atoms with E-state index in [1.807, 2.05) is 18.8 Å². The van der Waals surface area contributed by atoms with Crippen molar-refractivity contribution in [2.24, 2.45) is 0 Å². The van der Waals surface area contributed by atoms with E-state index in [1.54, 1.807) is 0 Å². The molecule has 0 amide bonds. The van der Waals surface area contributed by atoms with Gasteiger partial charge in [0.2, 0.25) is 0 Å². The largest absolute Gasteiger partial charge is 0.377 e. The molecule has 1 aromatic carbocycles. The molecule has 0 bridgehead atoms. The first-order valence-corrected chi connectivity index (χ1v) is 6.85. The molecule has 1 saturated heterocycles. The first-order chi connectivity index (χ1) is 7.84. The molecule has 2 nitrogen and oxygen atoms in total. The summed E-state index contributed by atoms with van der Waals surface area (Å²) in [5, 5.41) is 3.41. The van der Waals surface area contributed by atoms with E-state index in [1.165, 1.54) is 34.6 Å². The van der Waals surface area contributed by atoms with Gasteiger partial charge in [-0.3, -0.25) is 0 Å². The van der Waals surface area contributed by atoms with E-state index in [0.717, 1.165) is 13.2 Å². The second kappa shape index (κ2) is 4.06. The summed E-state index contributed by atoms with van der Waals surface area (Å²) in [5.74, 6) is 1.27. The summed E-state index contributed by atoms with van der Waals surface area (Å²) in [5.41, 5.74) is 3.00. The quantitative estimate of drug-likeness (QED) is 0.849. The highest BCUT2D eigenvalue weighted by Gasteiger charge is 2.39. The van der Waals surface area contributed by atoms with Crippen molar-refractivity contribution in [3.05, 3.63) is 29.3 Å². The Morgan fingerprint density at radius 1 is 1.38 bits per heavy atom. The van der Waals surface area contributed by atoms with Crippen LogP contribution in [0.15, 0.2) is 23.1 Å². The Morgan fingerprint density at radius 2 is 2.25 bits per heavy atom. The molecule has 86 valence electrons. The lowest BCUT2D eigenvalue weighted by Crippen LogP contribution is -2.56. The highest BCUT2D eigenvalue weighted by molar-refractivity contribution is 7.99. The third kappa shape index (κ3) is 1.58. The molecule has 2 aliphatic heterocycles. The SMILES string of the molecule is CNC1(c2ccc3c(c2)CCCS3)COC1. The number of rotatable bonds is 2. The van der Waals surface area contributed by atoms with E-state index >= 15 is 0 Å². The zero-order valence-electron chi connectivity index (χ0n) is 9.58. The van der Waals surface area contributed by atoms with Crippen LogP contribution in [0.1, 0.15) is 17.5 Å². The highest BCUT2D eigenvalue weighted by Crippen LogP contribution is 2.35. The molecule has 3 rings (SSSR count). The monoisotopic (exact) mass is 235 g/mol. The van der Waals surface area contributed by atoms with Crippen LogP contribution >= 0.6 is 11.8 Å². The fraction of sp³-hybridized carbons (Fsp3) is 0.538. The van der Waals surface area contributed by atoms with Gasteiger partial charge in [0.15, 0.2) is 0 Å². The van der Waals surface area contributed by atoms with Gasteiger partial charge in [-0.25, -0.2) is 0 Å². The normalized spacial score (nSPS) is 22.3. The van der Waals surface area contributed by atoms with Crippen LogP contribution in [-0.2, 0) is 16.7 Å². The van der Waals surface area contributed by atoms with E-state index < -0.39 is 0 Å². The number of fused-ring (bicyclic) bond motifs is 1. The zero-order chi connectivity index (χ0) is 11.0. The Balaban J connectivity index is 1.96. The van der Waals surface area contributed by atoms with Crippen molar-refractivity contribution in [3.63, 3.8) is 0 Å². The van der Waals surface area contributed by atoms with Gasteiger partial charge in [0.05, 0.1) is 18.8 Å². The molecule has 0 unspecified atom stereocenters. The van der Waals surface area contributed by atoms with Gasteiger partial charge < -0.3 is 10.1 Å². The predicted octanol–water partition coefficient (Wildman–Crippen LogP) is 2.17. The minimum Gasteiger partial charge on any atom is -0.377 e. The van der Waals surface area contributed by atoms with Gasteiger partial charge in [0.1, 0.15) is 0 Å². The van der Waals surface area contributed by atoms with Gasteiger partial charge in [-0.05, 0) is 42.8 Å². The van der Waals surface area contributed by atoms with Gasteiger partial charge in [-0.2, -0.15) is 0 Å². The highest BCUT2D eigenvalue weighted by atomic mass is 32.2. The summed E-state index contributed by atoms with van der Waals surface area (Å²) >= 11 is 1.99. The molecular weight excluding hydrogens is 218 g/mol. The second-order valence-corrected chi connectivity index (χ2v) is 5.74. The van der Waals surface area contributed by atoms with Crippen LogP contribution in [0.2, 0.25) is 0 Å². The molecule has 0 aromatic heterocycles. The number of thioether (sulfide) groups is 1. The number of ether oxygens (including phenoxy) is 1. The maximum Gasteiger partial charge on any atom is 0.0906 e. The third-order valence-electron chi connectivity index (χ3n) is 3.64. The van der Waals surface area contributed by atoms with E-state index in [9.17, 15) is 0 Å². The number of likely N-dealkylation sites (N-methyl/N-ethyl adjacent to an activating group) is 1. The molecule has 0 aliphatic carbocycles. The summed E-state index contributed by atoms with van der Waals surface area (Å²) in [6.45, 7) is 1.60. The third-order valence-corrected chi connectivity index (χ3v) is 4.84. The molecule has 3 heteroatoms. The Bertz CT molecular complexity index is 395. The van der Waals surface area contributed by atoms with Crippen LogP contribution in [-0.4, -0.2) is 26.0 Å². The summed E-state index contributed by atoms with van der Waals surface area (Å²) in [6, 6.07) is 6.92. The smallest absolute Gasteiger partial charge is 0.0906 e. The van der Waals surface area contributed by atoms with Crippen LogP contribution in [0.4, 0.5) is 0 Å². The maximum atomic E-state index is 5.36. The standard InChI is InChI=1S/C13H17NOS/c1-14-13(8-15-9-13)11-4-5-12-10(7-11)3-2-6-16-12/h4-5,7,14H,2-3,6,8-9H2,1H3. The molecular formula is C13H17NOS. The topological polar surface area (TPSA) is 21.3 Å². The lowest BCUT2D eigenvalue weighted by atomic mass is 9.87. The molecule has 16 heavy (non-hydrogen) atoms. The Morgan fingerprint density at radius 3 is 2.94 bits per heavy atom. The minimum atomic E-state index is 0.0805.